The fourth-order valence-electron chi connectivity index (χ4n) is 4.85. The lowest BCUT2D eigenvalue weighted by Crippen LogP contribution is -2.47. The van der Waals surface area contributed by atoms with E-state index in [9.17, 15) is 8.94 Å². The minimum Gasteiger partial charge on any atom is -0.616 e. The van der Waals surface area contributed by atoms with E-state index in [1.165, 1.54) is 6.07 Å². The van der Waals surface area contributed by atoms with Crippen molar-refractivity contribution in [3.05, 3.63) is 54.7 Å². The average Bonchev–Trinajstić information content (AvgIpc) is 3.68. The first-order chi connectivity index (χ1) is 19.0. The van der Waals surface area contributed by atoms with Gasteiger partial charge in [0.15, 0.2) is 11.4 Å². The first-order valence-corrected chi connectivity index (χ1v) is 14.4. The minimum absolute atomic E-state index is 0.282. The SMILES string of the molecule is C[S@+]([O-])CCOc1ccc(N2CCN(CCn3ncc4c3nc(N)n3nc(-c5ccco5)cc43)CC2)c(F)c1. The van der Waals surface area contributed by atoms with Gasteiger partial charge in [-0.3, -0.25) is 4.90 Å². The lowest BCUT2D eigenvalue weighted by Gasteiger charge is -2.36. The molecule has 11 nitrogen and oxygen atoms in total. The zero-order valence-electron chi connectivity index (χ0n) is 21.5. The average molecular weight is 553 g/mol. The van der Waals surface area contributed by atoms with E-state index in [1.807, 2.05) is 22.9 Å². The smallest absolute Gasteiger partial charge is 0.223 e. The highest BCUT2D eigenvalue weighted by Crippen LogP contribution is 2.27. The number of aromatic nitrogens is 5. The van der Waals surface area contributed by atoms with E-state index < -0.39 is 11.2 Å². The fourth-order valence-corrected chi connectivity index (χ4v) is 5.17. The Hall–Kier alpha value is -3.81. The number of hydrogen-bond acceptors (Lipinski definition) is 9. The lowest BCUT2D eigenvalue weighted by molar-refractivity contribution is 0.245. The van der Waals surface area contributed by atoms with Gasteiger partial charge in [-0.15, -0.1) is 0 Å². The summed E-state index contributed by atoms with van der Waals surface area (Å²) in [5.41, 5.74) is 9.01. The standard InChI is InChI=1S/C26H29FN8O3S/c1-39(36)14-13-37-18-4-5-22(20(27)15-18)33-9-6-32(7-10-33)8-11-34-25-19(17-29-34)23-16-21(24-3-2-12-38-24)31-35(23)26(28)30-25/h2-5,12,15-17H,6-11,13-14H2,1H3,(H2,28,30)/t39-/m0/s1. The van der Waals surface area contributed by atoms with E-state index in [-0.39, 0.29) is 11.8 Å². The number of nitrogens with two attached hydrogens (primary N) is 1. The van der Waals surface area contributed by atoms with Crippen molar-refractivity contribution in [1.82, 2.24) is 29.3 Å². The first kappa shape index (κ1) is 25.5. The number of benzene rings is 1. The highest BCUT2D eigenvalue weighted by atomic mass is 32.2. The molecule has 0 spiro atoms. The summed E-state index contributed by atoms with van der Waals surface area (Å²) in [7, 11) is 0. The topological polar surface area (TPSA) is 126 Å². The summed E-state index contributed by atoms with van der Waals surface area (Å²) in [5, 5.41) is 9.98. The molecule has 5 heterocycles. The second-order valence-electron chi connectivity index (χ2n) is 9.45. The van der Waals surface area contributed by atoms with Gasteiger partial charge in [0.1, 0.15) is 29.6 Å². The van der Waals surface area contributed by atoms with Crippen LogP contribution in [0.1, 0.15) is 0 Å². The van der Waals surface area contributed by atoms with Crippen LogP contribution in [-0.2, 0) is 17.7 Å². The molecule has 1 aromatic carbocycles. The molecule has 13 heteroatoms. The Kier molecular flexibility index (Phi) is 7.02. The quantitative estimate of drug-likeness (QED) is 0.275. The largest absolute Gasteiger partial charge is 0.616 e. The second-order valence-corrected chi connectivity index (χ2v) is 11.0. The van der Waals surface area contributed by atoms with Crippen molar-refractivity contribution >= 4 is 39.4 Å². The predicted octanol–water partition coefficient (Wildman–Crippen LogP) is 2.64. The molecular formula is C26H29FN8O3S. The van der Waals surface area contributed by atoms with Crippen LogP contribution in [0.3, 0.4) is 0 Å². The lowest BCUT2D eigenvalue weighted by atomic mass is 10.2. The van der Waals surface area contributed by atoms with Crippen molar-refractivity contribution in [1.29, 1.82) is 0 Å². The molecule has 0 bridgehead atoms. The highest BCUT2D eigenvalue weighted by molar-refractivity contribution is 7.90. The summed E-state index contributed by atoms with van der Waals surface area (Å²) in [6.45, 7) is 4.75. The van der Waals surface area contributed by atoms with Gasteiger partial charge in [0.2, 0.25) is 5.95 Å². The molecule has 0 amide bonds. The van der Waals surface area contributed by atoms with Crippen LogP contribution < -0.4 is 15.4 Å². The number of nitrogens with zero attached hydrogens (tertiary/aromatic N) is 7. The number of rotatable bonds is 9. The molecule has 1 saturated heterocycles. The van der Waals surface area contributed by atoms with Crippen LogP contribution >= 0.6 is 0 Å². The fraction of sp³-hybridized carbons (Fsp3) is 0.346. The Morgan fingerprint density at radius 2 is 2.00 bits per heavy atom. The van der Waals surface area contributed by atoms with Crippen molar-refractivity contribution < 1.29 is 18.1 Å². The van der Waals surface area contributed by atoms with Gasteiger partial charge in [0, 0.05) is 38.8 Å². The highest BCUT2D eigenvalue weighted by Gasteiger charge is 2.21. The number of halogens is 1. The molecule has 4 aromatic heterocycles. The van der Waals surface area contributed by atoms with Crippen LogP contribution in [-0.4, -0.2) is 85.2 Å². The Bertz CT molecular complexity index is 1580. The van der Waals surface area contributed by atoms with E-state index in [4.69, 9.17) is 14.9 Å². The van der Waals surface area contributed by atoms with E-state index in [2.05, 4.69) is 25.0 Å². The first-order valence-electron chi connectivity index (χ1n) is 12.7. The molecule has 1 aliphatic rings. The van der Waals surface area contributed by atoms with Gasteiger partial charge in [0.25, 0.3) is 0 Å². The molecule has 6 rings (SSSR count). The molecule has 0 unspecified atom stereocenters. The van der Waals surface area contributed by atoms with Crippen LogP contribution in [0.25, 0.3) is 28.0 Å². The third-order valence-electron chi connectivity index (χ3n) is 6.91. The van der Waals surface area contributed by atoms with E-state index in [1.54, 1.807) is 35.4 Å². The summed E-state index contributed by atoms with van der Waals surface area (Å²) in [4.78, 5) is 8.96. The zero-order valence-corrected chi connectivity index (χ0v) is 22.3. The molecule has 1 aliphatic heterocycles. The zero-order chi connectivity index (χ0) is 26.9. The molecule has 0 aliphatic carbocycles. The van der Waals surface area contributed by atoms with Gasteiger partial charge in [-0.25, -0.2) is 9.07 Å². The summed E-state index contributed by atoms with van der Waals surface area (Å²) in [6.07, 6.45) is 5.02. The summed E-state index contributed by atoms with van der Waals surface area (Å²) in [6, 6.07) is 10.5. The summed E-state index contributed by atoms with van der Waals surface area (Å²) >= 11 is -0.939. The van der Waals surface area contributed by atoms with Crippen molar-refractivity contribution in [3.63, 3.8) is 0 Å². The Balaban J connectivity index is 1.08. The van der Waals surface area contributed by atoms with E-state index in [0.717, 1.165) is 30.5 Å². The monoisotopic (exact) mass is 552 g/mol. The number of piperazine rings is 1. The van der Waals surface area contributed by atoms with E-state index in [0.29, 0.717) is 60.5 Å². The molecule has 5 aromatic rings. The number of furan rings is 1. The number of anilines is 2. The van der Waals surface area contributed by atoms with Gasteiger partial charge in [0.05, 0.1) is 41.9 Å². The van der Waals surface area contributed by atoms with E-state index >= 15 is 0 Å². The van der Waals surface area contributed by atoms with Gasteiger partial charge in [-0.1, -0.05) is 11.2 Å². The third kappa shape index (κ3) is 5.24. The van der Waals surface area contributed by atoms with Crippen LogP contribution in [0.4, 0.5) is 16.0 Å². The Labute approximate surface area is 227 Å². The molecular weight excluding hydrogens is 523 g/mol. The number of nitrogen functional groups attached to an aromatic ring is 1. The van der Waals surface area contributed by atoms with Gasteiger partial charge in [-0.2, -0.15) is 19.7 Å². The summed E-state index contributed by atoms with van der Waals surface area (Å²) < 4.78 is 40.4. The maximum absolute atomic E-state index is 14.8. The predicted molar refractivity (Wildman–Crippen MR) is 148 cm³/mol. The Morgan fingerprint density at radius 1 is 1.15 bits per heavy atom. The van der Waals surface area contributed by atoms with Crippen LogP contribution in [0, 0.1) is 5.82 Å². The molecule has 1 atom stereocenters. The van der Waals surface area contributed by atoms with Crippen LogP contribution in [0.2, 0.25) is 0 Å². The minimum atomic E-state index is -0.939. The molecule has 39 heavy (non-hydrogen) atoms. The third-order valence-corrected chi connectivity index (χ3v) is 7.65. The van der Waals surface area contributed by atoms with Gasteiger partial charge >= 0.3 is 0 Å². The van der Waals surface area contributed by atoms with Crippen molar-refractivity contribution in [2.75, 3.05) is 62.0 Å². The van der Waals surface area contributed by atoms with Crippen molar-refractivity contribution in [3.8, 4) is 17.2 Å². The maximum atomic E-state index is 14.8. The second kappa shape index (κ2) is 10.8. The molecule has 0 saturated carbocycles. The normalized spacial score (nSPS) is 15.4. The summed E-state index contributed by atoms with van der Waals surface area (Å²) in [5.74, 6) is 1.50. The Morgan fingerprint density at radius 3 is 2.74 bits per heavy atom. The molecule has 2 N–H and O–H groups in total. The van der Waals surface area contributed by atoms with Crippen LogP contribution in [0.5, 0.6) is 5.75 Å². The number of hydrogen-bond donors (Lipinski definition) is 1. The van der Waals surface area contributed by atoms with Crippen molar-refractivity contribution in [2.45, 2.75) is 6.54 Å². The van der Waals surface area contributed by atoms with Gasteiger partial charge < -0.3 is 24.3 Å². The number of fused-ring (bicyclic) bond motifs is 3. The van der Waals surface area contributed by atoms with Gasteiger partial charge in [-0.05, 0) is 30.3 Å². The van der Waals surface area contributed by atoms with Crippen molar-refractivity contribution in [2.24, 2.45) is 0 Å². The molecule has 1 fully saturated rings. The van der Waals surface area contributed by atoms with Crippen LogP contribution in [0.15, 0.2) is 53.3 Å². The molecule has 204 valence electrons. The number of ether oxygens (including phenoxy) is 1. The maximum Gasteiger partial charge on any atom is 0.223 e. The molecule has 0 radical (unpaired) electrons.